The van der Waals surface area contributed by atoms with Crippen LogP contribution in [0.4, 0.5) is 5.69 Å². The normalized spacial score (nSPS) is 16.8. The number of benzene rings is 1. The van der Waals surface area contributed by atoms with Crippen LogP contribution in [0.25, 0.3) is 0 Å². The Labute approximate surface area is 118 Å². The molecule has 5 heteroatoms. The molecule has 20 heavy (non-hydrogen) atoms. The number of aryl methyl sites for hydroxylation is 1. The first kappa shape index (κ1) is 14.4. The van der Waals surface area contributed by atoms with Crippen LogP contribution < -0.4 is 10.1 Å². The molecular formula is C15H19NO4. The third-order valence-electron chi connectivity index (χ3n) is 3.01. The maximum atomic E-state index is 11.4. The summed E-state index contributed by atoms with van der Waals surface area (Å²) in [6, 6.07) is 5.46. The molecule has 1 N–H and O–H groups in total. The summed E-state index contributed by atoms with van der Waals surface area (Å²) in [5, 5.41) is 2.74. The van der Waals surface area contributed by atoms with Crippen LogP contribution in [0.5, 0.6) is 5.75 Å². The van der Waals surface area contributed by atoms with E-state index in [0.29, 0.717) is 18.6 Å². The van der Waals surface area contributed by atoms with Crippen LogP contribution in [-0.2, 0) is 20.7 Å². The van der Waals surface area contributed by atoms with E-state index in [1.54, 1.807) is 12.1 Å². The first-order valence-corrected chi connectivity index (χ1v) is 6.85. The van der Waals surface area contributed by atoms with Crippen LogP contribution >= 0.6 is 0 Å². The Morgan fingerprint density at radius 2 is 2.25 bits per heavy atom. The van der Waals surface area contributed by atoms with Crippen molar-refractivity contribution >= 4 is 17.6 Å². The van der Waals surface area contributed by atoms with E-state index < -0.39 is 6.29 Å². The van der Waals surface area contributed by atoms with Gasteiger partial charge < -0.3 is 14.8 Å². The molecule has 1 aliphatic rings. The van der Waals surface area contributed by atoms with Crippen LogP contribution in [0.1, 0.15) is 38.7 Å². The molecule has 0 aromatic heterocycles. The van der Waals surface area contributed by atoms with Crippen molar-refractivity contribution in [1.82, 2.24) is 0 Å². The first-order chi connectivity index (χ1) is 9.58. The molecule has 0 radical (unpaired) electrons. The standard InChI is InChI=1S/C15H19NO4/c1-3-4-14(18)20-15-8-5-11-9-12(16-10(2)17)6-7-13(11)19-15/h6-7,9,15H,3-5,8H2,1-2H3,(H,16,17). The molecule has 1 aromatic carbocycles. The topological polar surface area (TPSA) is 64.6 Å². The zero-order chi connectivity index (χ0) is 14.5. The Kier molecular flexibility index (Phi) is 4.61. The Balaban J connectivity index is 2.00. The van der Waals surface area contributed by atoms with Crippen molar-refractivity contribution in [3.8, 4) is 5.75 Å². The summed E-state index contributed by atoms with van der Waals surface area (Å²) in [6.07, 6.45) is 2.06. The number of fused-ring (bicyclic) bond motifs is 1. The van der Waals surface area contributed by atoms with Gasteiger partial charge in [-0.25, -0.2) is 0 Å². The Morgan fingerprint density at radius 3 is 2.95 bits per heavy atom. The molecule has 0 aliphatic carbocycles. The molecule has 1 aromatic rings. The molecule has 1 unspecified atom stereocenters. The van der Waals surface area contributed by atoms with E-state index in [9.17, 15) is 9.59 Å². The fourth-order valence-electron chi connectivity index (χ4n) is 2.14. The summed E-state index contributed by atoms with van der Waals surface area (Å²) < 4.78 is 10.9. The van der Waals surface area contributed by atoms with Gasteiger partial charge in [0.25, 0.3) is 0 Å². The zero-order valence-electron chi connectivity index (χ0n) is 11.8. The first-order valence-electron chi connectivity index (χ1n) is 6.85. The molecule has 0 bridgehead atoms. The number of amides is 1. The fraction of sp³-hybridized carbons (Fsp3) is 0.467. The van der Waals surface area contributed by atoms with Gasteiger partial charge in [0.2, 0.25) is 12.2 Å². The molecule has 1 atom stereocenters. The van der Waals surface area contributed by atoms with E-state index in [1.165, 1.54) is 6.92 Å². The average Bonchev–Trinajstić information content (AvgIpc) is 2.38. The van der Waals surface area contributed by atoms with Gasteiger partial charge in [-0.3, -0.25) is 9.59 Å². The van der Waals surface area contributed by atoms with Crippen molar-refractivity contribution in [2.75, 3.05) is 5.32 Å². The summed E-state index contributed by atoms with van der Waals surface area (Å²) in [4.78, 5) is 22.5. The Bertz CT molecular complexity index is 513. The van der Waals surface area contributed by atoms with E-state index in [0.717, 1.165) is 24.1 Å². The highest BCUT2D eigenvalue weighted by Gasteiger charge is 2.22. The number of ether oxygens (including phenoxy) is 2. The van der Waals surface area contributed by atoms with Crippen LogP contribution in [0.3, 0.4) is 0 Å². The molecule has 0 saturated heterocycles. The number of rotatable bonds is 4. The van der Waals surface area contributed by atoms with Gasteiger partial charge in [0.1, 0.15) is 5.75 Å². The van der Waals surface area contributed by atoms with E-state index in [1.807, 2.05) is 13.0 Å². The lowest BCUT2D eigenvalue weighted by Crippen LogP contribution is -2.28. The summed E-state index contributed by atoms with van der Waals surface area (Å²) in [5.41, 5.74) is 1.76. The summed E-state index contributed by atoms with van der Waals surface area (Å²) >= 11 is 0. The fourth-order valence-corrected chi connectivity index (χ4v) is 2.14. The van der Waals surface area contributed by atoms with Crippen molar-refractivity contribution in [2.45, 2.75) is 45.8 Å². The van der Waals surface area contributed by atoms with E-state index >= 15 is 0 Å². The maximum Gasteiger partial charge on any atom is 0.308 e. The smallest absolute Gasteiger partial charge is 0.308 e. The van der Waals surface area contributed by atoms with Gasteiger partial charge in [-0.1, -0.05) is 6.92 Å². The quantitative estimate of drug-likeness (QED) is 0.859. The van der Waals surface area contributed by atoms with Gasteiger partial charge in [0, 0.05) is 25.5 Å². The SMILES string of the molecule is CCCC(=O)OC1CCc2cc(NC(C)=O)ccc2O1. The van der Waals surface area contributed by atoms with Crippen molar-refractivity contribution in [1.29, 1.82) is 0 Å². The minimum absolute atomic E-state index is 0.104. The predicted octanol–water partition coefficient (Wildman–Crippen LogP) is 2.64. The Morgan fingerprint density at radius 1 is 1.45 bits per heavy atom. The van der Waals surface area contributed by atoms with Gasteiger partial charge in [0.15, 0.2) is 0 Å². The molecular weight excluding hydrogens is 258 g/mol. The maximum absolute atomic E-state index is 11.4. The van der Waals surface area contributed by atoms with Crippen molar-refractivity contribution in [3.63, 3.8) is 0 Å². The van der Waals surface area contributed by atoms with E-state index in [2.05, 4.69) is 5.32 Å². The number of hydrogen-bond acceptors (Lipinski definition) is 4. The van der Waals surface area contributed by atoms with Crippen molar-refractivity contribution < 1.29 is 19.1 Å². The number of carbonyl (C=O) groups excluding carboxylic acids is 2. The van der Waals surface area contributed by atoms with Gasteiger partial charge in [-0.15, -0.1) is 0 Å². The summed E-state index contributed by atoms with van der Waals surface area (Å²) in [7, 11) is 0. The van der Waals surface area contributed by atoms with Gasteiger partial charge in [-0.2, -0.15) is 0 Å². The second-order valence-electron chi connectivity index (χ2n) is 4.83. The van der Waals surface area contributed by atoms with Crippen LogP contribution in [0.2, 0.25) is 0 Å². The number of carbonyl (C=O) groups is 2. The van der Waals surface area contributed by atoms with Gasteiger partial charge >= 0.3 is 5.97 Å². The largest absolute Gasteiger partial charge is 0.454 e. The predicted molar refractivity (Wildman–Crippen MR) is 74.5 cm³/mol. The molecule has 2 rings (SSSR count). The van der Waals surface area contributed by atoms with Gasteiger partial charge in [0.05, 0.1) is 0 Å². The monoisotopic (exact) mass is 277 g/mol. The molecule has 5 nitrogen and oxygen atoms in total. The summed E-state index contributed by atoms with van der Waals surface area (Å²) in [5.74, 6) is 0.378. The third-order valence-corrected chi connectivity index (χ3v) is 3.01. The average molecular weight is 277 g/mol. The molecule has 0 saturated carbocycles. The zero-order valence-corrected chi connectivity index (χ0v) is 11.8. The lowest BCUT2D eigenvalue weighted by molar-refractivity contribution is -0.165. The number of hydrogen-bond donors (Lipinski definition) is 1. The van der Waals surface area contributed by atoms with E-state index in [4.69, 9.17) is 9.47 Å². The van der Waals surface area contributed by atoms with Crippen LogP contribution in [-0.4, -0.2) is 18.2 Å². The van der Waals surface area contributed by atoms with E-state index in [-0.39, 0.29) is 11.9 Å². The number of anilines is 1. The minimum atomic E-state index is -0.506. The number of nitrogens with one attached hydrogen (secondary N) is 1. The molecule has 0 spiro atoms. The second-order valence-corrected chi connectivity index (χ2v) is 4.83. The molecule has 1 heterocycles. The van der Waals surface area contributed by atoms with Crippen LogP contribution in [0.15, 0.2) is 18.2 Å². The molecule has 1 aliphatic heterocycles. The highest BCUT2D eigenvalue weighted by molar-refractivity contribution is 5.88. The highest BCUT2D eigenvalue weighted by atomic mass is 16.7. The lowest BCUT2D eigenvalue weighted by Gasteiger charge is -2.26. The van der Waals surface area contributed by atoms with Gasteiger partial charge in [-0.05, 0) is 36.6 Å². The molecule has 1 amide bonds. The molecule has 108 valence electrons. The second kappa shape index (κ2) is 6.41. The third kappa shape index (κ3) is 3.73. The van der Waals surface area contributed by atoms with Crippen molar-refractivity contribution in [3.05, 3.63) is 23.8 Å². The molecule has 0 fully saturated rings. The van der Waals surface area contributed by atoms with Crippen LogP contribution in [0, 0.1) is 0 Å². The lowest BCUT2D eigenvalue weighted by atomic mass is 10.0. The Hall–Kier alpha value is -2.04. The number of esters is 1. The highest BCUT2D eigenvalue weighted by Crippen LogP contribution is 2.30. The minimum Gasteiger partial charge on any atom is -0.454 e. The summed E-state index contributed by atoms with van der Waals surface area (Å²) in [6.45, 7) is 3.40. The van der Waals surface area contributed by atoms with Crippen molar-refractivity contribution in [2.24, 2.45) is 0 Å².